The number of ether oxygens (including phenoxy) is 2. The smallest absolute Gasteiger partial charge is 0.335 e. The second-order valence-electron chi connectivity index (χ2n) is 6.02. The van der Waals surface area contributed by atoms with Crippen molar-refractivity contribution in [3.8, 4) is 0 Å². The summed E-state index contributed by atoms with van der Waals surface area (Å²) in [4.78, 5) is 20.4. The molecule has 4 N–H and O–H groups in total. The van der Waals surface area contributed by atoms with Crippen molar-refractivity contribution in [2.75, 3.05) is 40.6 Å². The number of carboxylic acids is 2. The summed E-state index contributed by atoms with van der Waals surface area (Å²) in [5.41, 5.74) is 0.0127. The molecule has 8 nitrogen and oxygen atoms in total. The minimum absolute atomic E-state index is 0.134. The number of carbonyl (C=O) groups is 2. The predicted molar refractivity (Wildman–Crippen MR) is 107 cm³/mol. The van der Waals surface area contributed by atoms with E-state index in [4.69, 9.17) is 29.9 Å². The van der Waals surface area contributed by atoms with Crippen LogP contribution in [-0.4, -0.2) is 73.0 Å². The van der Waals surface area contributed by atoms with Crippen LogP contribution in [-0.2, 0) is 9.47 Å². The molecule has 0 saturated carbocycles. The van der Waals surface area contributed by atoms with Gasteiger partial charge in [0.05, 0.1) is 43.0 Å². The van der Waals surface area contributed by atoms with Gasteiger partial charge in [0.15, 0.2) is 0 Å². The van der Waals surface area contributed by atoms with Crippen LogP contribution in [0, 0.1) is 5.41 Å². The fourth-order valence-corrected chi connectivity index (χ4v) is 2.05. The van der Waals surface area contributed by atoms with Crippen LogP contribution in [0.25, 0.3) is 0 Å². The van der Waals surface area contributed by atoms with Crippen molar-refractivity contribution >= 4 is 11.9 Å². The number of aliphatic hydroxyl groups excluding tert-OH is 2. The average molecular weight is 408 g/mol. The number of rotatable bonds is 8. The van der Waals surface area contributed by atoms with Gasteiger partial charge in [-0.1, -0.05) is 36.4 Å². The Kier molecular flexibility index (Phi) is 13.7. The third-order valence-corrected chi connectivity index (χ3v) is 3.61. The molecule has 0 radical (unpaired) electrons. The van der Waals surface area contributed by atoms with E-state index in [2.05, 4.69) is 0 Å². The second kappa shape index (κ2) is 15.2. The Labute approximate surface area is 170 Å². The number of carboxylic acid groups (broad SMARTS) is 2. The molecule has 160 valence electrons. The van der Waals surface area contributed by atoms with Crippen LogP contribution in [0.3, 0.4) is 0 Å². The maximum Gasteiger partial charge on any atom is 0.335 e. The van der Waals surface area contributed by atoms with Crippen LogP contribution in [0.4, 0.5) is 0 Å². The summed E-state index contributed by atoms with van der Waals surface area (Å²) in [5, 5.41) is 34.6. The highest BCUT2D eigenvalue weighted by Crippen LogP contribution is 2.15. The van der Waals surface area contributed by atoms with E-state index in [9.17, 15) is 9.59 Å². The first-order chi connectivity index (χ1) is 13.9. The summed E-state index contributed by atoms with van der Waals surface area (Å²) in [6.45, 7) is 0.331. The first-order valence-corrected chi connectivity index (χ1v) is 8.62. The van der Waals surface area contributed by atoms with E-state index in [1.807, 2.05) is 0 Å². The lowest BCUT2D eigenvalue weighted by Crippen LogP contribution is -2.39. The normalized spacial score (nSPS) is 10.1. The SMILES string of the molecule is COCC(CO)(CO)COC.O=C(O)c1ccccc1.O=C(O)c1ccccc1. The van der Waals surface area contributed by atoms with E-state index in [1.165, 1.54) is 14.2 Å². The summed E-state index contributed by atoms with van der Waals surface area (Å²) in [6, 6.07) is 16.6. The lowest BCUT2D eigenvalue weighted by atomic mass is 9.92. The number of hydrogen-bond donors (Lipinski definition) is 4. The first-order valence-electron chi connectivity index (χ1n) is 8.62. The van der Waals surface area contributed by atoms with Crippen LogP contribution < -0.4 is 0 Å². The number of methoxy groups -OCH3 is 2. The molecule has 29 heavy (non-hydrogen) atoms. The Balaban J connectivity index is 0.000000408. The molecule has 0 aromatic heterocycles. The van der Waals surface area contributed by atoms with Gasteiger partial charge in [-0.3, -0.25) is 0 Å². The highest BCUT2D eigenvalue weighted by molar-refractivity contribution is 5.87. The average Bonchev–Trinajstić information content (AvgIpc) is 2.75. The summed E-state index contributed by atoms with van der Waals surface area (Å²) >= 11 is 0. The zero-order chi connectivity index (χ0) is 22.1. The molecule has 0 heterocycles. The minimum atomic E-state index is -0.879. The molecule has 0 aliphatic rings. The van der Waals surface area contributed by atoms with E-state index >= 15 is 0 Å². The molecule has 0 unspecified atom stereocenters. The Hall–Kier alpha value is -2.78. The van der Waals surface area contributed by atoms with Gasteiger partial charge in [-0.15, -0.1) is 0 Å². The lowest BCUT2D eigenvalue weighted by molar-refractivity contribution is -0.0568. The molecule has 0 aliphatic heterocycles. The Morgan fingerprint density at radius 2 is 1.03 bits per heavy atom. The lowest BCUT2D eigenvalue weighted by Gasteiger charge is -2.27. The molecular weight excluding hydrogens is 380 g/mol. The van der Waals surface area contributed by atoms with E-state index in [0.717, 1.165) is 0 Å². The maximum absolute atomic E-state index is 10.2. The summed E-state index contributed by atoms with van der Waals surface area (Å²) < 4.78 is 9.68. The summed E-state index contributed by atoms with van der Waals surface area (Å²) in [7, 11) is 3.05. The number of benzene rings is 2. The third-order valence-electron chi connectivity index (χ3n) is 3.61. The van der Waals surface area contributed by atoms with Crippen LogP contribution >= 0.6 is 0 Å². The molecular formula is C21H28O8. The second-order valence-corrected chi connectivity index (χ2v) is 6.02. The monoisotopic (exact) mass is 408 g/mol. The Morgan fingerprint density at radius 3 is 1.21 bits per heavy atom. The molecule has 2 rings (SSSR count). The molecule has 0 fully saturated rings. The summed E-state index contributed by atoms with van der Waals surface area (Å²) in [5.74, 6) is -1.76. The largest absolute Gasteiger partial charge is 0.478 e. The molecule has 0 aliphatic carbocycles. The van der Waals surface area contributed by atoms with Crippen molar-refractivity contribution < 1.29 is 39.5 Å². The quantitative estimate of drug-likeness (QED) is 0.521. The molecule has 0 amide bonds. The van der Waals surface area contributed by atoms with Gasteiger partial charge in [0.2, 0.25) is 0 Å². The standard InChI is InChI=1S/C7H16O4.2C7H6O2/c1-10-5-7(3-8,4-9)6-11-2;2*8-7(9)6-4-2-1-3-5-6/h8-9H,3-6H2,1-2H3;2*1-5H,(H,8,9). The van der Waals surface area contributed by atoms with Gasteiger partial charge in [-0.25, -0.2) is 9.59 Å². The van der Waals surface area contributed by atoms with Gasteiger partial charge < -0.3 is 29.9 Å². The van der Waals surface area contributed by atoms with Gasteiger partial charge in [0.1, 0.15) is 0 Å². The van der Waals surface area contributed by atoms with Crippen LogP contribution in [0.15, 0.2) is 60.7 Å². The van der Waals surface area contributed by atoms with E-state index in [1.54, 1.807) is 60.7 Å². The van der Waals surface area contributed by atoms with E-state index < -0.39 is 17.4 Å². The molecule has 2 aromatic rings. The van der Waals surface area contributed by atoms with Gasteiger partial charge in [-0.2, -0.15) is 0 Å². The van der Waals surface area contributed by atoms with Crippen molar-refractivity contribution in [3.63, 3.8) is 0 Å². The number of aromatic carboxylic acids is 2. The third kappa shape index (κ3) is 11.0. The fourth-order valence-electron chi connectivity index (χ4n) is 2.05. The summed E-state index contributed by atoms with van der Waals surface area (Å²) in [6.07, 6.45) is 0. The van der Waals surface area contributed by atoms with Gasteiger partial charge in [0, 0.05) is 14.2 Å². The zero-order valence-electron chi connectivity index (χ0n) is 16.5. The van der Waals surface area contributed by atoms with Crippen molar-refractivity contribution in [1.29, 1.82) is 0 Å². The van der Waals surface area contributed by atoms with Gasteiger partial charge >= 0.3 is 11.9 Å². The van der Waals surface area contributed by atoms with Crippen LogP contribution in [0.1, 0.15) is 20.7 Å². The van der Waals surface area contributed by atoms with E-state index in [-0.39, 0.29) is 13.2 Å². The maximum atomic E-state index is 10.2. The van der Waals surface area contributed by atoms with Crippen molar-refractivity contribution in [2.24, 2.45) is 5.41 Å². The fraction of sp³-hybridized carbons (Fsp3) is 0.333. The predicted octanol–water partition coefficient (Wildman–Crippen LogP) is 2.02. The molecule has 8 heteroatoms. The van der Waals surface area contributed by atoms with Crippen molar-refractivity contribution in [3.05, 3.63) is 71.8 Å². The number of aliphatic hydroxyl groups is 2. The van der Waals surface area contributed by atoms with Gasteiger partial charge in [-0.05, 0) is 24.3 Å². The van der Waals surface area contributed by atoms with Gasteiger partial charge in [0.25, 0.3) is 0 Å². The molecule has 0 spiro atoms. The highest BCUT2D eigenvalue weighted by Gasteiger charge is 2.28. The highest BCUT2D eigenvalue weighted by atomic mass is 16.5. The Bertz CT molecular complexity index is 627. The molecule has 0 atom stereocenters. The minimum Gasteiger partial charge on any atom is -0.478 e. The topological polar surface area (TPSA) is 134 Å². The van der Waals surface area contributed by atoms with Crippen LogP contribution in [0.5, 0.6) is 0 Å². The van der Waals surface area contributed by atoms with Crippen molar-refractivity contribution in [1.82, 2.24) is 0 Å². The van der Waals surface area contributed by atoms with Crippen molar-refractivity contribution in [2.45, 2.75) is 0 Å². The molecule has 0 bridgehead atoms. The van der Waals surface area contributed by atoms with E-state index in [0.29, 0.717) is 24.3 Å². The molecule has 0 saturated heterocycles. The first kappa shape index (κ1) is 26.2. The Morgan fingerprint density at radius 1 is 0.724 bits per heavy atom. The zero-order valence-corrected chi connectivity index (χ0v) is 16.5. The number of hydrogen-bond acceptors (Lipinski definition) is 6. The molecule has 2 aromatic carbocycles. The van der Waals surface area contributed by atoms with Crippen LogP contribution in [0.2, 0.25) is 0 Å².